The van der Waals surface area contributed by atoms with Crippen molar-refractivity contribution < 1.29 is 55.4 Å². The van der Waals surface area contributed by atoms with Gasteiger partial charge in [-0.1, -0.05) is 87.0 Å². The minimum atomic E-state index is -0.777. The molecule has 0 spiro atoms. The zero-order chi connectivity index (χ0) is 53.0. The summed E-state index contributed by atoms with van der Waals surface area (Å²) >= 11 is 24.2. The van der Waals surface area contributed by atoms with Gasteiger partial charge in [-0.2, -0.15) is 5.10 Å². The number of nitrogens with two attached hydrogens (primary N) is 2. The number of amides is 2. The molecule has 0 aliphatic carbocycles. The highest BCUT2D eigenvalue weighted by Crippen LogP contribution is 2.37. The molecule has 9 aromatic rings. The van der Waals surface area contributed by atoms with Gasteiger partial charge in [0.2, 0.25) is 6.26 Å². The zero-order valence-corrected chi connectivity index (χ0v) is 41.6. The lowest BCUT2D eigenvalue weighted by atomic mass is 10.1. The first-order chi connectivity index (χ1) is 34.9. The molecule has 0 radical (unpaired) electrons. The Labute approximate surface area is 455 Å². The number of nitrogens with one attached hydrogen (secondary N) is 2. The maximum atomic E-state index is 13.8. The van der Waals surface area contributed by atoms with Crippen LogP contribution >= 0.6 is 58.8 Å². The van der Waals surface area contributed by atoms with Gasteiger partial charge in [0, 0.05) is 33.3 Å². The number of hydrogen-bond acceptors (Lipinski definition) is 22. The first-order valence-electron chi connectivity index (χ1n) is 19.9. The molecule has 9 rings (SSSR count). The summed E-state index contributed by atoms with van der Waals surface area (Å²) in [5, 5.41) is 47.0. The van der Waals surface area contributed by atoms with E-state index >= 15 is 0 Å². The third-order valence-corrected chi connectivity index (χ3v) is 10.00. The molecule has 6 N–H and O–H groups in total. The molecule has 0 aliphatic rings. The Kier molecular flexibility index (Phi) is 26.2. The van der Waals surface area contributed by atoms with Crippen LogP contribution in [0.3, 0.4) is 0 Å². The minimum absolute atomic E-state index is 0. The van der Waals surface area contributed by atoms with Crippen molar-refractivity contribution in [3.63, 3.8) is 0 Å². The summed E-state index contributed by atoms with van der Waals surface area (Å²) in [7, 11) is 0. The Morgan fingerprint density at radius 1 is 0.671 bits per heavy atom. The standard InChI is InChI=1S/C17H13Cl2FN4O3.C16H12Cl2FN5O3.C3H2N2O3.C3H4N2O.C3H3NO.2CH4.ClH/c1-8-14(27-9(2)15-11(18)3-4-12(20)16(15)19)5-13(24-23-8)17(25)22-10-6-21-26-7-10;1-7(13-9(17)2-3-10(19)14(13)18)27-12-4-11(23-24-15(12)20)16(25)22-8-5-21-26-6-8;6-5(7)3-1-4-8-2-3;4-3-1-5-6-2-3;1-2-4-5-3-1;;;/h3-7,9H,1-2H3,(H,22,25);2-7H,1H3,(H2,20,24)(H,22,25);1-2H;1-2H,4H2;1-3H;2*1H4;1H. The molecule has 7 heterocycles. The van der Waals surface area contributed by atoms with E-state index in [4.69, 9.17) is 67.3 Å². The van der Waals surface area contributed by atoms with E-state index in [1.807, 2.05) is 0 Å². The molecule has 25 nitrogen and oxygen atoms in total. The lowest BCUT2D eigenvalue weighted by molar-refractivity contribution is -0.385. The number of benzene rings is 2. The normalized spacial score (nSPS) is 10.6. The van der Waals surface area contributed by atoms with Gasteiger partial charge in [-0.3, -0.25) is 19.7 Å². The summed E-state index contributed by atoms with van der Waals surface area (Å²) < 4.78 is 61.1. The largest absolute Gasteiger partial charge is 0.484 e. The number of ether oxygens (including phenoxy) is 2. The number of nitrogen functional groups attached to an aromatic ring is 2. The third-order valence-electron chi connectivity index (χ3n) is 8.57. The van der Waals surface area contributed by atoms with Crippen LogP contribution in [0, 0.1) is 28.7 Å². The van der Waals surface area contributed by atoms with Crippen LogP contribution in [0.5, 0.6) is 11.5 Å². The summed E-state index contributed by atoms with van der Waals surface area (Å²) in [6.45, 7) is 4.91. The Balaban J connectivity index is 0.000000374. The SMILES string of the molecule is C.C.CC(Oc1cc(C(=O)Nc2cnoc2)nnc1N)c1c(Cl)ccc(F)c1Cl.Cc1nnc(C(=O)Nc2cnoc2)cc1OC(C)c1c(Cl)ccc(F)c1Cl.Cl.Nc1cnoc1.O=[N+]([O-])c1cnoc1.c1cnoc1. The van der Waals surface area contributed by atoms with E-state index < -0.39 is 40.6 Å². The summed E-state index contributed by atoms with van der Waals surface area (Å²) in [4.78, 5) is 33.7. The van der Waals surface area contributed by atoms with E-state index in [1.54, 1.807) is 33.0 Å². The Hall–Kier alpha value is -8.50. The van der Waals surface area contributed by atoms with E-state index in [1.165, 1.54) is 74.0 Å². The molecule has 0 saturated heterocycles. The molecule has 0 aliphatic heterocycles. The molecule has 0 saturated carbocycles. The van der Waals surface area contributed by atoms with Crippen molar-refractivity contribution in [1.29, 1.82) is 0 Å². The lowest BCUT2D eigenvalue weighted by Gasteiger charge is -2.19. The fourth-order valence-electron chi connectivity index (χ4n) is 5.19. The highest BCUT2D eigenvalue weighted by Gasteiger charge is 2.23. The van der Waals surface area contributed by atoms with Gasteiger partial charge in [0.1, 0.15) is 77.9 Å². The average molecular weight is 1160 g/mol. The van der Waals surface area contributed by atoms with Gasteiger partial charge >= 0.3 is 5.69 Å². The predicted molar refractivity (Wildman–Crippen MR) is 274 cm³/mol. The van der Waals surface area contributed by atoms with Crippen LogP contribution in [0.1, 0.15) is 78.7 Å². The Morgan fingerprint density at radius 2 is 1.14 bits per heavy atom. The van der Waals surface area contributed by atoms with Gasteiger partial charge in [0.25, 0.3) is 11.8 Å². The molecule has 2 atom stereocenters. The van der Waals surface area contributed by atoms with Gasteiger partial charge in [-0.15, -0.1) is 27.7 Å². The van der Waals surface area contributed by atoms with Crippen molar-refractivity contribution in [2.24, 2.45) is 0 Å². The Morgan fingerprint density at radius 3 is 1.53 bits per heavy atom. The topological polar surface area (TPSA) is 354 Å². The predicted octanol–water partition coefficient (Wildman–Crippen LogP) is 11.7. The summed E-state index contributed by atoms with van der Waals surface area (Å²) in [5.41, 5.74) is 13.0. The van der Waals surface area contributed by atoms with Crippen molar-refractivity contribution in [2.45, 2.75) is 47.8 Å². The number of anilines is 4. The molecular weight excluding hydrogens is 1120 g/mol. The number of aromatic nitrogens is 9. The molecular formula is C44H43Cl5F2N14O11. The van der Waals surface area contributed by atoms with Crippen LogP contribution in [0.15, 0.2) is 127 Å². The maximum absolute atomic E-state index is 13.8. The number of rotatable bonds is 11. The monoisotopic (exact) mass is 1160 g/mol. The highest BCUT2D eigenvalue weighted by molar-refractivity contribution is 6.36. The van der Waals surface area contributed by atoms with Crippen LogP contribution in [0.2, 0.25) is 20.1 Å². The second kappa shape index (κ2) is 31.3. The molecule has 2 unspecified atom stereocenters. The smallest absolute Gasteiger partial charge is 0.328 e. The number of nitrogens with zero attached hydrogens (tertiary/aromatic N) is 10. The minimum Gasteiger partial charge on any atom is -0.484 e. The molecule has 7 aromatic heterocycles. The molecule has 76 heavy (non-hydrogen) atoms. The van der Waals surface area contributed by atoms with Crippen molar-refractivity contribution in [3.8, 4) is 11.5 Å². The molecule has 0 bridgehead atoms. The average Bonchev–Trinajstić information content (AvgIpc) is 4.23. The summed E-state index contributed by atoms with van der Waals surface area (Å²) in [6, 6.07) is 9.52. The number of hydrogen-bond donors (Lipinski definition) is 4. The van der Waals surface area contributed by atoms with E-state index in [0.29, 0.717) is 28.3 Å². The van der Waals surface area contributed by atoms with E-state index in [2.05, 4.69) is 79.4 Å². The van der Waals surface area contributed by atoms with E-state index in [0.717, 1.165) is 18.5 Å². The Bertz CT molecular complexity index is 2990. The van der Waals surface area contributed by atoms with Gasteiger partial charge in [0.05, 0.1) is 45.4 Å². The van der Waals surface area contributed by atoms with Crippen molar-refractivity contribution in [1.82, 2.24) is 46.2 Å². The van der Waals surface area contributed by atoms with Crippen molar-refractivity contribution >= 4 is 99.2 Å². The second-order valence-corrected chi connectivity index (χ2v) is 15.3. The first-order valence-corrected chi connectivity index (χ1v) is 21.5. The third kappa shape index (κ3) is 18.8. The van der Waals surface area contributed by atoms with E-state index in [9.17, 15) is 28.5 Å². The van der Waals surface area contributed by atoms with Crippen LogP contribution in [-0.4, -0.2) is 62.9 Å². The number of carbonyl (C=O) groups excluding carboxylic acids is 2. The molecule has 0 fully saturated rings. The lowest BCUT2D eigenvalue weighted by Crippen LogP contribution is -2.16. The number of carbonyl (C=O) groups is 2. The molecule has 404 valence electrons. The molecule has 32 heteroatoms. The van der Waals surface area contributed by atoms with Gasteiger partial charge in [-0.25, -0.2) is 8.78 Å². The van der Waals surface area contributed by atoms with E-state index in [-0.39, 0.29) is 87.3 Å². The van der Waals surface area contributed by atoms with Gasteiger partial charge in [-0.05, 0) is 51.1 Å². The van der Waals surface area contributed by atoms with Crippen LogP contribution in [0.4, 0.5) is 37.3 Å². The van der Waals surface area contributed by atoms with Crippen molar-refractivity contribution in [3.05, 3.63) is 175 Å². The number of nitro groups is 1. The number of halogens is 7. The first kappa shape index (κ1) is 63.6. The van der Waals surface area contributed by atoms with Gasteiger partial charge in [0.15, 0.2) is 23.0 Å². The maximum Gasteiger partial charge on any atom is 0.328 e. The number of aryl methyl sites for hydroxylation is 1. The summed E-state index contributed by atoms with van der Waals surface area (Å²) in [5.74, 6) is -2.07. The second-order valence-electron chi connectivity index (χ2n) is 13.7. The fraction of sp³-hybridized carbons (Fsp3) is 0.159. The van der Waals surface area contributed by atoms with Crippen LogP contribution < -0.4 is 31.6 Å². The van der Waals surface area contributed by atoms with Crippen LogP contribution in [0.25, 0.3) is 0 Å². The molecule has 2 amide bonds. The van der Waals surface area contributed by atoms with Crippen LogP contribution in [-0.2, 0) is 0 Å². The highest BCUT2D eigenvalue weighted by atomic mass is 35.5. The molecule has 2 aromatic carbocycles. The van der Waals surface area contributed by atoms with Crippen molar-refractivity contribution in [2.75, 3.05) is 22.1 Å². The summed E-state index contributed by atoms with van der Waals surface area (Å²) in [6.07, 6.45) is 11.6. The fourth-order valence-corrected chi connectivity index (χ4v) is 6.54. The quantitative estimate of drug-likeness (QED) is 0.0531. The zero-order valence-electron chi connectivity index (χ0n) is 37.8. The van der Waals surface area contributed by atoms with Gasteiger partial charge < -0.3 is 54.2 Å².